The van der Waals surface area contributed by atoms with E-state index in [4.69, 9.17) is 15.2 Å². The zero-order chi connectivity index (χ0) is 53.3. The number of Topliss-reactive ketones (excluding diaryl/α,β-unsaturated/α-hetero) is 1. The maximum Gasteiger partial charge on any atom is 0.200 e. The van der Waals surface area contributed by atoms with E-state index in [1.54, 1.807) is 48.5 Å². The van der Waals surface area contributed by atoms with Gasteiger partial charge >= 0.3 is 0 Å². The van der Waals surface area contributed by atoms with E-state index in [9.17, 15) is 35.7 Å². The van der Waals surface area contributed by atoms with Crippen LogP contribution in [0.4, 0.5) is 0 Å². The number of nitrogens with two attached hydrogens (primary N) is 1. The Kier molecular flexibility index (Phi) is 13.5. The maximum atomic E-state index is 15.3. The van der Waals surface area contributed by atoms with Crippen molar-refractivity contribution >= 4 is 5.78 Å². The van der Waals surface area contributed by atoms with Crippen molar-refractivity contribution in [2.75, 3.05) is 6.73 Å². The minimum absolute atomic E-state index is 0.0198. The number of aromatic amines is 1. The van der Waals surface area contributed by atoms with Crippen LogP contribution in [0.5, 0.6) is 46.0 Å². The van der Waals surface area contributed by atoms with Crippen molar-refractivity contribution in [3.8, 4) is 57.3 Å². The van der Waals surface area contributed by atoms with Crippen LogP contribution in [-0.4, -0.2) is 59.3 Å². The normalized spacial score (nSPS) is 29.5. The number of H-pyrrole nitrogens is 1. The summed E-state index contributed by atoms with van der Waals surface area (Å²) < 4.78 is 12.2. The number of benzene rings is 5. The molecule has 2 bridgehead atoms. The number of aryl methyl sites for hydroxylation is 1. The Balaban J connectivity index is 1.04. The van der Waals surface area contributed by atoms with Crippen LogP contribution in [0.25, 0.3) is 11.3 Å². The average molecular weight is 1040 g/mol. The lowest BCUT2D eigenvalue weighted by molar-refractivity contribution is -0.136. The minimum Gasteiger partial charge on any atom is -0.508 e. The van der Waals surface area contributed by atoms with Gasteiger partial charge in [-0.05, 0) is 187 Å². The first kappa shape index (κ1) is 51.1. The average Bonchev–Trinajstić information content (AvgIpc) is 3.67. The maximum absolute atomic E-state index is 15.3. The number of aromatic nitrogens is 1. The predicted molar refractivity (Wildman–Crippen MR) is 293 cm³/mol. The van der Waals surface area contributed by atoms with Crippen LogP contribution >= 0.6 is 0 Å². The van der Waals surface area contributed by atoms with Crippen molar-refractivity contribution in [1.82, 2.24) is 4.98 Å². The molecule has 77 heavy (non-hydrogen) atoms. The number of aliphatic hydroxyl groups excluding tert-OH is 1. The molecule has 7 aliphatic carbocycles. The zero-order valence-corrected chi connectivity index (χ0v) is 44.0. The van der Waals surface area contributed by atoms with Crippen LogP contribution in [0, 0.1) is 40.9 Å². The van der Waals surface area contributed by atoms with Crippen molar-refractivity contribution < 1.29 is 50.0 Å². The molecule has 5 aromatic carbocycles. The summed E-state index contributed by atoms with van der Waals surface area (Å²) >= 11 is 0. The van der Waals surface area contributed by atoms with Gasteiger partial charge in [-0.25, -0.2) is 0 Å². The molecule has 1 spiro atoms. The number of phenolic OH excluding ortho intramolecular Hbond substituents is 6. The van der Waals surface area contributed by atoms with Crippen LogP contribution in [0.1, 0.15) is 147 Å². The fourth-order valence-corrected chi connectivity index (χ4v) is 17.3. The van der Waals surface area contributed by atoms with Gasteiger partial charge in [0.05, 0.1) is 6.10 Å². The summed E-state index contributed by atoms with van der Waals surface area (Å²) in [6.45, 7) is 2.17. The number of hydrogen-bond donors (Lipinski definition) is 9. The van der Waals surface area contributed by atoms with Crippen molar-refractivity contribution in [1.29, 1.82) is 0 Å². The van der Waals surface area contributed by atoms with Gasteiger partial charge in [0.2, 0.25) is 5.75 Å². The summed E-state index contributed by atoms with van der Waals surface area (Å²) in [6.07, 6.45) is 14.0. The van der Waals surface area contributed by atoms with Crippen LogP contribution in [0.3, 0.4) is 0 Å². The van der Waals surface area contributed by atoms with E-state index in [0.717, 1.165) is 36.0 Å². The van der Waals surface area contributed by atoms with Gasteiger partial charge in [-0.2, -0.15) is 0 Å². The third kappa shape index (κ3) is 8.69. The van der Waals surface area contributed by atoms with Gasteiger partial charge in [0, 0.05) is 52.8 Å². The first-order chi connectivity index (χ1) is 37.3. The number of phenols is 6. The zero-order valence-electron chi connectivity index (χ0n) is 44.0. The Hall–Kier alpha value is -6.63. The van der Waals surface area contributed by atoms with E-state index in [2.05, 4.69) is 48.4 Å². The second-order valence-electron chi connectivity index (χ2n) is 24.1. The van der Waals surface area contributed by atoms with Crippen molar-refractivity contribution in [2.45, 2.75) is 139 Å². The Labute approximate surface area is 450 Å². The fourth-order valence-electron chi connectivity index (χ4n) is 17.3. The van der Waals surface area contributed by atoms with E-state index in [-0.39, 0.29) is 107 Å². The Morgan fingerprint density at radius 3 is 2.45 bits per heavy atom. The van der Waals surface area contributed by atoms with E-state index >= 15 is 4.79 Å². The number of aliphatic hydroxyl groups is 1. The standard InChI is InChI=1S/C65H74N2O10/c1-2-3-4-8-37-19-21-64(33-37)22-23-65(49-12-6-5-11-44(49)59-45(63(64)65)20-24-67-59)50-30-41-29-46-40(27-39-15-16-43(69)31-53(39)72)28-47(51(70)17-13-36-14-18-52(71)55(26-36)77-35-66)60(74)58(46)57(50)48-32-54(73)61(75)62(56(41)48)76-34-38-9-7-10-42(68)25-38/h5-7,9-12,14-16,18,20,24-26,31-32,37,40-41,46-47,50,57-58,60,63,67-69,71-75H,2-4,8,13,17,19,21-23,27-30,33-35,66H2,1H3/t37-,40+,41-,46+,47-,50-,57-,58+,60-,63+,64-,65+/m0/s1. The number of hydrogen-bond acceptors (Lipinski definition) is 11. The second kappa shape index (κ2) is 20.3. The van der Waals surface area contributed by atoms with Crippen LogP contribution in [-0.2, 0) is 29.7 Å². The van der Waals surface area contributed by atoms with Crippen molar-refractivity contribution in [2.24, 2.45) is 46.7 Å². The van der Waals surface area contributed by atoms with Crippen LogP contribution in [0.2, 0.25) is 0 Å². The van der Waals surface area contributed by atoms with Crippen LogP contribution < -0.4 is 15.2 Å². The number of aromatic hydroxyl groups is 6. The van der Waals surface area contributed by atoms with Gasteiger partial charge in [-0.1, -0.05) is 81.1 Å². The highest BCUT2D eigenvalue weighted by molar-refractivity contribution is 5.82. The summed E-state index contributed by atoms with van der Waals surface area (Å²) in [7, 11) is 0. The van der Waals surface area contributed by atoms with E-state index in [1.165, 1.54) is 73.0 Å². The smallest absolute Gasteiger partial charge is 0.200 e. The molecule has 0 unspecified atom stereocenters. The lowest BCUT2D eigenvalue weighted by Crippen LogP contribution is -2.53. The highest BCUT2D eigenvalue weighted by Crippen LogP contribution is 2.77. The monoisotopic (exact) mass is 1040 g/mol. The van der Waals surface area contributed by atoms with Crippen molar-refractivity contribution in [3.63, 3.8) is 0 Å². The number of carbonyl (C=O) groups is 1. The molecule has 4 saturated carbocycles. The van der Waals surface area contributed by atoms with Gasteiger partial charge in [-0.3, -0.25) is 10.5 Å². The lowest BCUT2D eigenvalue weighted by Gasteiger charge is -2.56. The molecule has 4 fully saturated rings. The summed E-state index contributed by atoms with van der Waals surface area (Å²) in [5, 5.41) is 80.7. The molecule has 0 amide bonds. The van der Waals surface area contributed by atoms with E-state index < -0.39 is 29.3 Å². The quantitative estimate of drug-likeness (QED) is 0.0252. The van der Waals surface area contributed by atoms with E-state index in [1.807, 2.05) is 6.07 Å². The highest BCUT2D eigenvalue weighted by atomic mass is 16.5. The molecule has 404 valence electrons. The van der Waals surface area contributed by atoms with E-state index in [0.29, 0.717) is 49.1 Å². The number of ketones is 1. The summed E-state index contributed by atoms with van der Waals surface area (Å²) in [5.41, 5.74) is 14.2. The second-order valence-corrected chi connectivity index (χ2v) is 24.1. The molecule has 1 aromatic heterocycles. The van der Waals surface area contributed by atoms with Gasteiger partial charge in [0.1, 0.15) is 36.4 Å². The summed E-state index contributed by atoms with van der Waals surface area (Å²) in [6, 6.07) is 29.6. The van der Waals surface area contributed by atoms with Gasteiger partial charge in [0.25, 0.3) is 0 Å². The van der Waals surface area contributed by atoms with Gasteiger partial charge in [-0.15, -0.1) is 0 Å². The molecule has 7 aliphatic rings. The predicted octanol–water partition coefficient (Wildman–Crippen LogP) is 12.2. The number of ether oxygens (including phenoxy) is 2. The molecule has 0 saturated heterocycles. The number of fused-ring (bicyclic) bond motifs is 9. The Bertz CT molecular complexity index is 3190. The van der Waals surface area contributed by atoms with Crippen molar-refractivity contribution in [3.05, 3.63) is 142 Å². The molecule has 0 aliphatic heterocycles. The van der Waals surface area contributed by atoms with Gasteiger partial charge in [0.15, 0.2) is 23.0 Å². The molecular formula is C65H74N2O10. The molecule has 12 nitrogen and oxygen atoms in total. The number of nitrogens with one attached hydrogen (secondary N) is 1. The molecule has 0 radical (unpaired) electrons. The summed E-state index contributed by atoms with van der Waals surface area (Å²) in [5.74, 6) is -1.96. The molecule has 12 atom stereocenters. The first-order valence-corrected chi connectivity index (χ1v) is 28.4. The molecular weight excluding hydrogens is 969 g/mol. The lowest BCUT2D eigenvalue weighted by atomic mass is 9.47. The van der Waals surface area contributed by atoms with Gasteiger partial charge < -0.3 is 50.2 Å². The summed E-state index contributed by atoms with van der Waals surface area (Å²) in [4.78, 5) is 19.0. The Morgan fingerprint density at radius 2 is 1.64 bits per heavy atom. The number of unbranched alkanes of at least 4 members (excludes halogenated alkanes) is 2. The first-order valence-electron chi connectivity index (χ1n) is 28.4. The molecule has 6 aromatic rings. The molecule has 10 N–H and O–H groups in total. The molecule has 1 heterocycles. The minimum atomic E-state index is -1.10. The fraction of sp³-hybridized carbons (Fsp3) is 0.462. The van der Waals surface area contributed by atoms with Crippen LogP contribution in [0.15, 0.2) is 103 Å². The number of rotatable bonds is 16. The topological polar surface area (TPSA) is 219 Å². The SMILES string of the molecule is CCCCC[C@H]1CC[C@]2(CC[C@]3([C@H]4C[C@@H]5C[C@@H]6[C@H](Cc7ccc(O)cc7O)C[C@@H](C(=O)CCc7ccc(O)c(OCN)c7)[C@H](O)[C@H]6[C@H]4c4cc(O)c(O)c(OCc6cccc(O)c6)c45)c4ccccc4-c4[nH]ccc4[C@H]23)C1. The third-order valence-electron chi connectivity index (χ3n) is 20.2. The highest BCUT2D eigenvalue weighted by Gasteiger charge is 2.69. The third-order valence-corrected chi connectivity index (χ3v) is 20.2. The largest absolute Gasteiger partial charge is 0.508 e. The molecule has 12 heteroatoms. The Morgan fingerprint density at radius 1 is 0.792 bits per heavy atom. The molecule has 13 rings (SSSR count). The number of carbonyl (C=O) groups excluding carboxylic acids is 1.